The molecule has 1 aliphatic rings. The van der Waals surface area contributed by atoms with Crippen molar-refractivity contribution < 1.29 is 4.79 Å². The molecule has 0 aliphatic carbocycles. The van der Waals surface area contributed by atoms with Crippen LogP contribution in [0.2, 0.25) is 0 Å². The lowest BCUT2D eigenvalue weighted by Gasteiger charge is -2.36. The molecule has 9 heteroatoms. The number of likely N-dealkylation sites (N-methyl/N-ethyl adjacent to an activating group) is 1. The lowest BCUT2D eigenvalue weighted by molar-refractivity contribution is -0.118. The Balaban J connectivity index is 0.00000306. The van der Waals surface area contributed by atoms with Gasteiger partial charge in [-0.25, -0.2) is 9.97 Å². The van der Waals surface area contributed by atoms with Crippen LogP contribution in [0.25, 0.3) is 0 Å². The van der Waals surface area contributed by atoms with Crippen LogP contribution in [0.5, 0.6) is 0 Å². The molecular formula is C24H29N7OS. The first-order chi connectivity index (χ1) is 15.4. The number of carbonyl (C=O) groups excluding carboxylic acids is 1. The van der Waals surface area contributed by atoms with Gasteiger partial charge in [-0.3, -0.25) is 9.48 Å². The number of anilines is 2. The summed E-state index contributed by atoms with van der Waals surface area (Å²) in [6, 6.07) is 9.54. The predicted molar refractivity (Wildman–Crippen MR) is 133 cm³/mol. The van der Waals surface area contributed by atoms with Crippen LogP contribution >= 0.6 is 13.5 Å². The van der Waals surface area contributed by atoms with E-state index in [2.05, 4.69) is 21.5 Å². The van der Waals surface area contributed by atoms with Gasteiger partial charge >= 0.3 is 0 Å². The summed E-state index contributed by atoms with van der Waals surface area (Å²) in [4.78, 5) is 23.8. The van der Waals surface area contributed by atoms with Crippen molar-refractivity contribution in [1.29, 1.82) is 5.26 Å². The average Bonchev–Trinajstić information content (AvgIpc) is 3.20. The minimum absolute atomic E-state index is 0. The van der Waals surface area contributed by atoms with E-state index < -0.39 is 0 Å². The quantitative estimate of drug-likeness (QED) is 0.603. The summed E-state index contributed by atoms with van der Waals surface area (Å²) >= 11 is 0. The summed E-state index contributed by atoms with van der Waals surface area (Å²) in [6.45, 7) is 6.53. The summed E-state index contributed by atoms with van der Waals surface area (Å²) in [6.07, 6.45) is 5.27. The van der Waals surface area contributed by atoms with Crippen LogP contribution in [0.15, 0.2) is 36.7 Å². The first-order valence-electron chi connectivity index (χ1n) is 10.8. The van der Waals surface area contributed by atoms with E-state index in [0.717, 1.165) is 34.9 Å². The zero-order valence-electron chi connectivity index (χ0n) is 19.3. The monoisotopic (exact) mass is 463 g/mol. The van der Waals surface area contributed by atoms with Gasteiger partial charge < -0.3 is 10.2 Å². The molecule has 172 valence electrons. The Hall–Kier alpha value is -3.38. The molecule has 3 aromatic rings. The molecule has 1 N–H and O–H groups in total. The van der Waals surface area contributed by atoms with Crippen LogP contribution in [0.3, 0.4) is 0 Å². The van der Waals surface area contributed by atoms with Gasteiger partial charge in [0.05, 0.1) is 30.1 Å². The van der Waals surface area contributed by atoms with Crippen LogP contribution in [0.4, 0.5) is 11.5 Å². The Kier molecular flexibility index (Phi) is 7.39. The Morgan fingerprint density at radius 2 is 1.97 bits per heavy atom. The zero-order chi connectivity index (χ0) is 22.8. The van der Waals surface area contributed by atoms with Crippen molar-refractivity contribution in [3.8, 4) is 6.07 Å². The molecule has 0 fully saturated rings. The highest BCUT2D eigenvalue weighted by Gasteiger charge is 2.35. The molecule has 2 aromatic heterocycles. The minimum Gasteiger partial charge on any atom is -0.346 e. The topological polar surface area (TPSA) is 99.7 Å². The highest BCUT2D eigenvalue weighted by Crippen LogP contribution is 2.33. The molecule has 1 aromatic carbocycles. The highest BCUT2D eigenvalue weighted by molar-refractivity contribution is 7.59. The van der Waals surface area contributed by atoms with E-state index in [1.807, 2.05) is 74.1 Å². The van der Waals surface area contributed by atoms with Crippen LogP contribution < -0.4 is 10.2 Å². The maximum atomic E-state index is 12.5. The molecule has 0 unspecified atom stereocenters. The van der Waals surface area contributed by atoms with Crippen LogP contribution in [0, 0.1) is 24.2 Å². The van der Waals surface area contributed by atoms with Crippen molar-refractivity contribution in [3.05, 3.63) is 64.9 Å². The van der Waals surface area contributed by atoms with Gasteiger partial charge in [0.1, 0.15) is 17.6 Å². The fraction of sp³-hybridized carbons (Fsp3) is 0.375. The van der Waals surface area contributed by atoms with Gasteiger partial charge in [-0.1, -0.05) is 32.0 Å². The van der Waals surface area contributed by atoms with E-state index in [1.54, 1.807) is 0 Å². The van der Waals surface area contributed by atoms with Crippen molar-refractivity contribution in [2.45, 2.75) is 46.2 Å². The molecule has 0 saturated heterocycles. The number of amides is 1. The summed E-state index contributed by atoms with van der Waals surface area (Å²) in [7, 11) is 1.92. The van der Waals surface area contributed by atoms with Gasteiger partial charge in [-0.05, 0) is 36.5 Å². The fourth-order valence-electron chi connectivity index (χ4n) is 4.20. The number of carbonyl (C=O) groups is 1. The molecule has 0 saturated carbocycles. The maximum absolute atomic E-state index is 12.5. The van der Waals surface area contributed by atoms with Crippen molar-refractivity contribution >= 4 is 30.9 Å². The van der Waals surface area contributed by atoms with Crippen LogP contribution in [-0.2, 0) is 24.2 Å². The van der Waals surface area contributed by atoms with E-state index in [-0.39, 0.29) is 31.4 Å². The summed E-state index contributed by atoms with van der Waals surface area (Å²) in [5.41, 5.74) is 4.17. The molecule has 33 heavy (non-hydrogen) atoms. The first kappa shape index (κ1) is 24.3. The number of fused-ring (bicyclic) bond motifs is 1. The minimum atomic E-state index is -0.251. The van der Waals surface area contributed by atoms with Gasteiger partial charge in [0.25, 0.3) is 0 Å². The van der Waals surface area contributed by atoms with Crippen molar-refractivity contribution in [2.24, 2.45) is 5.92 Å². The van der Waals surface area contributed by atoms with E-state index in [0.29, 0.717) is 24.2 Å². The van der Waals surface area contributed by atoms with E-state index in [9.17, 15) is 10.1 Å². The number of nitrogens with one attached hydrogen (secondary N) is 1. The Morgan fingerprint density at radius 1 is 1.21 bits per heavy atom. The molecule has 8 nitrogen and oxygen atoms in total. The van der Waals surface area contributed by atoms with Crippen molar-refractivity contribution in [1.82, 2.24) is 19.7 Å². The third-order valence-corrected chi connectivity index (χ3v) is 5.81. The smallest absolute Gasteiger partial charge is 0.247 e. The molecule has 1 amide bonds. The molecule has 0 bridgehead atoms. The number of hydrogen-bond donors (Lipinski definition) is 1. The molecule has 1 aliphatic heterocycles. The number of nitrogens with zero attached hydrogens (tertiary/aromatic N) is 6. The lowest BCUT2D eigenvalue weighted by Crippen LogP contribution is -2.49. The molecule has 0 spiro atoms. The van der Waals surface area contributed by atoms with E-state index in [1.165, 1.54) is 0 Å². The van der Waals surface area contributed by atoms with Gasteiger partial charge in [0.2, 0.25) is 5.91 Å². The Labute approximate surface area is 201 Å². The summed E-state index contributed by atoms with van der Waals surface area (Å²) in [5.74, 6) is 1.67. The largest absolute Gasteiger partial charge is 0.346 e. The van der Waals surface area contributed by atoms with Crippen LogP contribution in [0.1, 0.15) is 42.1 Å². The van der Waals surface area contributed by atoms with E-state index in [4.69, 9.17) is 4.98 Å². The lowest BCUT2D eigenvalue weighted by atomic mass is 9.99. The van der Waals surface area contributed by atoms with E-state index >= 15 is 0 Å². The second kappa shape index (κ2) is 10.0. The Bertz CT molecular complexity index is 1200. The van der Waals surface area contributed by atoms with Crippen molar-refractivity contribution in [2.75, 3.05) is 17.3 Å². The second-order valence-corrected chi connectivity index (χ2v) is 8.53. The average molecular weight is 464 g/mol. The van der Waals surface area contributed by atoms with Gasteiger partial charge in [-0.2, -0.15) is 23.9 Å². The molecule has 4 rings (SSSR count). The molecule has 0 radical (unpaired) electrons. The number of aryl methyl sites for hydroxylation is 3. The summed E-state index contributed by atoms with van der Waals surface area (Å²) < 4.78 is 1.85. The molecule has 1 atom stereocenters. The predicted octanol–water partition coefficient (Wildman–Crippen LogP) is 3.21. The number of benzene rings is 1. The third-order valence-electron chi connectivity index (χ3n) is 5.81. The highest BCUT2D eigenvalue weighted by atomic mass is 32.1. The zero-order valence-corrected chi connectivity index (χ0v) is 20.3. The second-order valence-electron chi connectivity index (χ2n) is 8.53. The maximum Gasteiger partial charge on any atom is 0.247 e. The molecule has 3 heterocycles. The first-order valence-corrected chi connectivity index (χ1v) is 10.8. The van der Waals surface area contributed by atoms with Crippen LogP contribution in [-0.4, -0.2) is 38.7 Å². The van der Waals surface area contributed by atoms with Gasteiger partial charge in [-0.15, -0.1) is 0 Å². The molecular weight excluding hydrogens is 434 g/mol. The number of hydrogen-bond acceptors (Lipinski definition) is 6. The van der Waals surface area contributed by atoms with Crippen molar-refractivity contribution in [3.63, 3.8) is 0 Å². The third kappa shape index (κ3) is 5.01. The number of rotatable bonds is 6. The SMILES string of the molecule is Cc1nc(CCc2cnn(Cc3ccccc3C#N)c2)nc2c1NC(=O)[C@H](C(C)C)N2C.S. The van der Waals surface area contributed by atoms with Gasteiger partial charge in [0.15, 0.2) is 5.82 Å². The summed E-state index contributed by atoms with van der Waals surface area (Å²) in [5, 5.41) is 16.7. The number of aromatic nitrogens is 4. The Morgan fingerprint density at radius 3 is 2.70 bits per heavy atom. The number of nitriles is 1. The standard InChI is InChI=1S/C24H27N7O.H2S/c1-15(2)22-24(32)29-21-16(3)27-20(28-23(21)30(22)4)10-9-17-12-26-31(13-17)14-19-8-6-5-7-18(19)11-25;/h5-8,12-13,15,22H,9-10,14H2,1-4H3,(H,29,32);1H2/t22-;/m0./s1. The van der Waals surface area contributed by atoms with Gasteiger partial charge in [0, 0.05) is 19.7 Å². The normalized spacial score (nSPS) is 15.0. The fourth-order valence-corrected chi connectivity index (χ4v) is 4.20.